The van der Waals surface area contributed by atoms with E-state index in [4.69, 9.17) is 5.10 Å². The normalized spacial score (nSPS) is 20.0. The Morgan fingerprint density at radius 2 is 1.78 bits per heavy atom. The van der Waals surface area contributed by atoms with Crippen LogP contribution < -0.4 is 5.32 Å². The fourth-order valence-electron chi connectivity index (χ4n) is 6.06. The molecule has 0 unspecified atom stereocenters. The molecule has 10 heteroatoms. The molecule has 2 saturated heterocycles. The summed E-state index contributed by atoms with van der Waals surface area (Å²) in [6, 6.07) is 6.58. The van der Waals surface area contributed by atoms with Gasteiger partial charge in [-0.05, 0) is 63.3 Å². The highest BCUT2D eigenvalue weighted by molar-refractivity contribution is 6.00. The van der Waals surface area contributed by atoms with Crippen molar-refractivity contribution in [2.75, 3.05) is 33.7 Å². The molecular weight excluding hydrogens is 520 g/mol. The number of carbonyl (C=O) groups excluding carboxylic acids is 3. The number of carbonyl (C=O) groups is 3. The van der Waals surface area contributed by atoms with Gasteiger partial charge < -0.3 is 20.2 Å². The Kier molecular flexibility index (Phi) is 9.23. The lowest BCUT2D eigenvalue weighted by atomic mass is 9.80. The quantitative estimate of drug-likeness (QED) is 0.483. The molecule has 41 heavy (non-hydrogen) atoms. The first-order chi connectivity index (χ1) is 19.4. The molecule has 2 aliphatic heterocycles. The highest BCUT2D eigenvalue weighted by atomic mass is 16.3. The maximum absolute atomic E-state index is 13.6. The van der Waals surface area contributed by atoms with Crippen molar-refractivity contribution in [1.29, 1.82) is 0 Å². The molecule has 224 valence electrons. The van der Waals surface area contributed by atoms with Gasteiger partial charge in [0.15, 0.2) is 0 Å². The minimum atomic E-state index is -0.917. The van der Waals surface area contributed by atoms with Gasteiger partial charge in [-0.2, -0.15) is 5.10 Å². The Morgan fingerprint density at radius 3 is 2.34 bits per heavy atom. The lowest BCUT2D eigenvalue weighted by Crippen LogP contribution is -2.74. The van der Waals surface area contributed by atoms with Crippen LogP contribution in [0.3, 0.4) is 0 Å². The highest BCUT2D eigenvalue weighted by Crippen LogP contribution is 2.35. The molecule has 2 fully saturated rings. The molecule has 2 aromatic rings. The van der Waals surface area contributed by atoms with Crippen LogP contribution in [0.4, 0.5) is 0 Å². The van der Waals surface area contributed by atoms with Gasteiger partial charge in [0.25, 0.3) is 5.91 Å². The molecule has 0 saturated carbocycles. The number of rotatable bonds is 9. The second-order valence-corrected chi connectivity index (χ2v) is 12.1. The third-order valence-electron chi connectivity index (χ3n) is 8.79. The van der Waals surface area contributed by atoms with E-state index in [0.29, 0.717) is 44.6 Å². The van der Waals surface area contributed by atoms with E-state index in [-0.39, 0.29) is 23.6 Å². The Morgan fingerprint density at radius 1 is 1.15 bits per heavy atom. The van der Waals surface area contributed by atoms with Gasteiger partial charge in [-0.25, -0.2) is 4.68 Å². The molecule has 2 aliphatic rings. The summed E-state index contributed by atoms with van der Waals surface area (Å²) in [6.45, 7) is 12.4. The van der Waals surface area contributed by atoms with Crippen LogP contribution in [-0.2, 0) is 16.1 Å². The zero-order valence-electron chi connectivity index (χ0n) is 25.6. The molecule has 2 N–H and O–H groups in total. The van der Waals surface area contributed by atoms with Crippen molar-refractivity contribution in [2.45, 2.75) is 84.5 Å². The van der Waals surface area contributed by atoms with Crippen LogP contribution in [0.2, 0.25) is 0 Å². The molecular formula is C31H46N6O4. The first-order valence-corrected chi connectivity index (χ1v) is 14.8. The van der Waals surface area contributed by atoms with Gasteiger partial charge in [0, 0.05) is 57.1 Å². The van der Waals surface area contributed by atoms with Crippen molar-refractivity contribution >= 4 is 17.7 Å². The maximum atomic E-state index is 13.6. The number of piperazine rings is 1. The summed E-state index contributed by atoms with van der Waals surface area (Å²) in [5.41, 5.74) is 3.77. The SMILES string of the molecule is CCCCN1C(=O)[C@@H]([C@H](O)C(C)C)NC(=O)C12CCN(Cc1c(C)nn(-c3ccc(C(=O)N(C)C)cc3)c1C)CC2. The Labute approximate surface area is 243 Å². The zero-order valence-corrected chi connectivity index (χ0v) is 25.6. The van der Waals surface area contributed by atoms with Crippen LogP contribution in [0.15, 0.2) is 24.3 Å². The lowest BCUT2D eigenvalue weighted by Gasteiger charge is -2.52. The third kappa shape index (κ3) is 5.90. The summed E-state index contributed by atoms with van der Waals surface area (Å²) in [6.07, 6.45) is 1.91. The molecule has 2 atom stereocenters. The summed E-state index contributed by atoms with van der Waals surface area (Å²) in [4.78, 5) is 45.1. The number of amides is 3. The van der Waals surface area contributed by atoms with E-state index >= 15 is 0 Å². The molecule has 0 bridgehead atoms. The second kappa shape index (κ2) is 12.3. The number of hydrogen-bond donors (Lipinski definition) is 2. The zero-order chi connectivity index (χ0) is 30.1. The minimum absolute atomic E-state index is 0.0401. The summed E-state index contributed by atoms with van der Waals surface area (Å²) in [5, 5.41) is 18.4. The van der Waals surface area contributed by atoms with Gasteiger partial charge in [0.2, 0.25) is 11.8 Å². The fraction of sp³-hybridized carbons (Fsp3) is 0.613. The van der Waals surface area contributed by atoms with Crippen molar-refractivity contribution in [3.63, 3.8) is 0 Å². The predicted molar refractivity (Wildman–Crippen MR) is 158 cm³/mol. The van der Waals surface area contributed by atoms with Crippen LogP contribution in [0.1, 0.15) is 73.8 Å². The highest BCUT2D eigenvalue weighted by Gasteiger charge is 2.54. The second-order valence-electron chi connectivity index (χ2n) is 12.1. The smallest absolute Gasteiger partial charge is 0.253 e. The number of unbranched alkanes of at least 4 members (excludes halogenated alkanes) is 1. The van der Waals surface area contributed by atoms with E-state index < -0.39 is 17.7 Å². The number of piperidine rings is 1. The average Bonchev–Trinajstić information content (AvgIpc) is 3.23. The first-order valence-electron chi connectivity index (χ1n) is 14.8. The number of hydrogen-bond acceptors (Lipinski definition) is 6. The van der Waals surface area contributed by atoms with Crippen LogP contribution in [0.25, 0.3) is 5.69 Å². The molecule has 1 aromatic carbocycles. The average molecular weight is 567 g/mol. The van der Waals surface area contributed by atoms with Crippen LogP contribution >= 0.6 is 0 Å². The van der Waals surface area contributed by atoms with Crippen molar-refractivity contribution in [2.24, 2.45) is 5.92 Å². The summed E-state index contributed by atoms with van der Waals surface area (Å²) in [5.74, 6) is -0.492. The molecule has 0 aliphatic carbocycles. The van der Waals surface area contributed by atoms with E-state index in [9.17, 15) is 19.5 Å². The molecule has 1 spiro atoms. The number of benzene rings is 1. The topological polar surface area (TPSA) is 111 Å². The van der Waals surface area contributed by atoms with Crippen LogP contribution in [0.5, 0.6) is 0 Å². The van der Waals surface area contributed by atoms with Gasteiger partial charge in [0.1, 0.15) is 11.6 Å². The van der Waals surface area contributed by atoms with E-state index in [0.717, 1.165) is 35.5 Å². The van der Waals surface area contributed by atoms with Crippen molar-refractivity contribution in [1.82, 2.24) is 29.8 Å². The van der Waals surface area contributed by atoms with E-state index in [1.807, 2.05) is 49.7 Å². The van der Waals surface area contributed by atoms with Gasteiger partial charge in [-0.1, -0.05) is 27.2 Å². The van der Waals surface area contributed by atoms with Gasteiger partial charge in [0.05, 0.1) is 17.5 Å². The number of aryl methyl sites for hydroxylation is 1. The van der Waals surface area contributed by atoms with Crippen LogP contribution in [-0.4, -0.2) is 98.7 Å². The molecule has 3 amide bonds. The minimum Gasteiger partial charge on any atom is -0.390 e. The Hall–Kier alpha value is -3.24. The third-order valence-corrected chi connectivity index (χ3v) is 8.79. The molecule has 0 radical (unpaired) electrons. The number of aliphatic hydroxyl groups is 1. The Balaban J connectivity index is 1.49. The van der Waals surface area contributed by atoms with E-state index in [2.05, 4.69) is 24.1 Å². The number of likely N-dealkylation sites (tertiary alicyclic amines) is 1. The van der Waals surface area contributed by atoms with Gasteiger partial charge in [-0.15, -0.1) is 0 Å². The molecule has 1 aromatic heterocycles. The van der Waals surface area contributed by atoms with Gasteiger partial charge in [-0.3, -0.25) is 19.3 Å². The maximum Gasteiger partial charge on any atom is 0.253 e. The van der Waals surface area contributed by atoms with Crippen molar-refractivity contribution in [3.8, 4) is 5.69 Å². The van der Waals surface area contributed by atoms with E-state index in [1.54, 1.807) is 23.9 Å². The van der Waals surface area contributed by atoms with Crippen molar-refractivity contribution in [3.05, 3.63) is 46.8 Å². The number of nitrogens with one attached hydrogen (secondary N) is 1. The monoisotopic (exact) mass is 566 g/mol. The summed E-state index contributed by atoms with van der Waals surface area (Å²) >= 11 is 0. The number of nitrogens with zero attached hydrogens (tertiary/aromatic N) is 5. The van der Waals surface area contributed by atoms with Crippen LogP contribution in [0, 0.1) is 19.8 Å². The molecule has 4 rings (SSSR count). The number of aliphatic hydroxyl groups excluding tert-OH is 1. The summed E-state index contributed by atoms with van der Waals surface area (Å²) in [7, 11) is 3.47. The lowest BCUT2D eigenvalue weighted by molar-refractivity contribution is -0.165. The predicted octanol–water partition coefficient (Wildman–Crippen LogP) is 2.67. The largest absolute Gasteiger partial charge is 0.390 e. The van der Waals surface area contributed by atoms with E-state index in [1.165, 1.54) is 0 Å². The molecule has 10 nitrogen and oxygen atoms in total. The number of aromatic nitrogens is 2. The first kappa shape index (κ1) is 30.7. The fourth-order valence-corrected chi connectivity index (χ4v) is 6.06. The van der Waals surface area contributed by atoms with Crippen molar-refractivity contribution < 1.29 is 19.5 Å². The van der Waals surface area contributed by atoms with Gasteiger partial charge >= 0.3 is 0 Å². The summed E-state index contributed by atoms with van der Waals surface area (Å²) < 4.78 is 1.92. The molecule has 3 heterocycles. The standard InChI is InChI=1S/C31H46N6O4/c1-8-9-16-36-29(40)26(27(38)20(2)3)32-30(41)31(36)14-17-35(18-15-31)19-25-21(4)33-37(22(25)5)24-12-10-23(11-13-24)28(39)34(6)7/h10-13,20,26-27,38H,8-9,14-19H2,1-7H3,(H,32,41)/t26-,27-/m1/s1. The Bertz CT molecular complexity index is 1260.